The molecule has 0 saturated heterocycles. The number of pyridine rings is 1. The molecule has 3 aromatic rings. The van der Waals surface area contributed by atoms with Gasteiger partial charge in [-0.2, -0.15) is 0 Å². The van der Waals surface area contributed by atoms with Crippen LogP contribution in [0.25, 0.3) is 10.9 Å². The number of non-ortho nitro benzene ring substituents is 1. The summed E-state index contributed by atoms with van der Waals surface area (Å²) in [6, 6.07) is 13.9. The number of rotatable bonds is 4. The summed E-state index contributed by atoms with van der Waals surface area (Å²) in [5.41, 5.74) is 1.71. The Balaban J connectivity index is 1.65. The summed E-state index contributed by atoms with van der Waals surface area (Å²) < 4.78 is 11.1. The number of hydrogen-bond donors (Lipinski definition) is 1. The van der Waals surface area contributed by atoms with E-state index in [4.69, 9.17) is 9.47 Å². The van der Waals surface area contributed by atoms with Crippen LogP contribution in [0.2, 0.25) is 0 Å². The summed E-state index contributed by atoms with van der Waals surface area (Å²) in [7, 11) is 1.63. The van der Waals surface area contributed by atoms with Gasteiger partial charge < -0.3 is 14.8 Å². The number of aromatic nitrogens is 1. The van der Waals surface area contributed by atoms with Crippen LogP contribution in [0.5, 0.6) is 11.5 Å². The van der Waals surface area contributed by atoms with Gasteiger partial charge in [-0.25, -0.2) is 4.98 Å². The third-order valence-corrected chi connectivity index (χ3v) is 4.21. The number of anilines is 1. The molecule has 2 aromatic carbocycles. The summed E-state index contributed by atoms with van der Waals surface area (Å²) >= 11 is 0. The molecule has 7 nitrogen and oxygen atoms in total. The van der Waals surface area contributed by atoms with Crippen LogP contribution in [0, 0.1) is 10.1 Å². The first-order valence-corrected chi connectivity index (χ1v) is 7.77. The average molecular weight is 337 g/mol. The molecule has 1 N–H and O–H groups in total. The van der Waals surface area contributed by atoms with Crippen molar-refractivity contribution in [3.63, 3.8) is 0 Å². The minimum atomic E-state index is -0.412. The van der Waals surface area contributed by atoms with E-state index in [2.05, 4.69) is 10.3 Å². The lowest BCUT2D eigenvalue weighted by molar-refractivity contribution is -0.384. The Kier molecular flexibility index (Phi) is 3.61. The van der Waals surface area contributed by atoms with Gasteiger partial charge in [0, 0.05) is 17.5 Å². The molecular formula is C18H15N3O4. The van der Waals surface area contributed by atoms with Gasteiger partial charge in [-0.3, -0.25) is 10.1 Å². The molecule has 0 bridgehead atoms. The number of ether oxygens (including phenoxy) is 2. The molecule has 2 heterocycles. The van der Waals surface area contributed by atoms with Crippen molar-refractivity contribution in [2.75, 3.05) is 19.0 Å². The molecule has 4 rings (SSSR count). The van der Waals surface area contributed by atoms with Crippen molar-refractivity contribution in [2.45, 2.75) is 6.04 Å². The SMILES string of the molecule is COc1cccc2c1[C@@H](Nc1ccc3cc([N+](=O)[O-])ccc3n1)CO2. The van der Waals surface area contributed by atoms with Gasteiger partial charge in [0.2, 0.25) is 0 Å². The molecule has 0 spiro atoms. The highest BCUT2D eigenvalue weighted by molar-refractivity contribution is 5.82. The first-order chi connectivity index (χ1) is 12.2. The van der Waals surface area contributed by atoms with Gasteiger partial charge in [0.25, 0.3) is 5.69 Å². The number of benzene rings is 2. The Morgan fingerprint density at radius 3 is 2.96 bits per heavy atom. The second-order valence-electron chi connectivity index (χ2n) is 5.71. The van der Waals surface area contributed by atoms with E-state index in [-0.39, 0.29) is 11.7 Å². The van der Waals surface area contributed by atoms with Crippen molar-refractivity contribution in [3.8, 4) is 11.5 Å². The standard InChI is InChI=1S/C18H15N3O4/c1-24-15-3-2-4-16-18(15)14(10-25-16)20-17-8-5-11-9-12(21(22)23)6-7-13(11)19-17/h2-9,14H,10H2,1H3,(H,19,20)/t14-/m0/s1. The summed E-state index contributed by atoms with van der Waals surface area (Å²) in [6.07, 6.45) is 0. The van der Waals surface area contributed by atoms with E-state index in [0.717, 1.165) is 22.4 Å². The fourth-order valence-electron chi connectivity index (χ4n) is 3.03. The monoisotopic (exact) mass is 337 g/mol. The summed E-state index contributed by atoms with van der Waals surface area (Å²) in [5.74, 6) is 2.24. The second-order valence-corrected chi connectivity index (χ2v) is 5.71. The lowest BCUT2D eigenvalue weighted by atomic mass is 10.1. The molecule has 1 aromatic heterocycles. The van der Waals surface area contributed by atoms with Gasteiger partial charge in [-0.15, -0.1) is 0 Å². The highest BCUT2D eigenvalue weighted by atomic mass is 16.6. The lowest BCUT2D eigenvalue weighted by Gasteiger charge is -2.15. The number of hydrogen-bond acceptors (Lipinski definition) is 6. The zero-order valence-electron chi connectivity index (χ0n) is 13.4. The maximum Gasteiger partial charge on any atom is 0.270 e. The van der Waals surface area contributed by atoms with E-state index in [9.17, 15) is 10.1 Å². The lowest BCUT2D eigenvalue weighted by Crippen LogP contribution is -2.13. The van der Waals surface area contributed by atoms with Crippen LogP contribution in [0.3, 0.4) is 0 Å². The highest BCUT2D eigenvalue weighted by Crippen LogP contribution is 2.40. The molecular weight excluding hydrogens is 322 g/mol. The van der Waals surface area contributed by atoms with Crippen molar-refractivity contribution < 1.29 is 14.4 Å². The first kappa shape index (κ1) is 15.2. The largest absolute Gasteiger partial charge is 0.496 e. The van der Waals surface area contributed by atoms with Gasteiger partial charge in [-0.1, -0.05) is 6.07 Å². The van der Waals surface area contributed by atoms with Crippen molar-refractivity contribution in [1.29, 1.82) is 0 Å². The average Bonchev–Trinajstić information content (AvgIpc) is 3.04. The Morgan fingerprint density at radius 2 is 2.16 bits per heavy atom. The van der Waals surface area contributed by atoms with E-state index >= 15 is 0 Å². The van der Waals surface area contributed by atoms with E-state index < -0.39 is 4.92 Å². The van der Waals surface area contributed by atoms with Gasteiger partial charge in [0.15, 0.2) is 0 Å². The number of nitrogens with one attached hydrogen (secondary N) is 1. The van der Waals surface area contributed by atoms with Crippen LogP contribution in [0.15, 0.2) is 48.5 Å². The number of fused-ring (bicyclic) bond motifs is 2. The second kappa shape index (κ2) is 5.94. The fraction of sp³-hybridized carbons (Fsp3) is 0.167. The third-order valence-electron chi connectivity index (χ3n) is 4.21. The highest BCUT2D eigenvalue weighted by Gasteiger charge is 2.28. The van der Waals surface area contributed by atoms with E-state index in [0.29, 0.717) is 17.9 Å². The normalized spacial score (nSPS) is 15.5. The maximum absolute atomic E-state index is 10.9. The van der Waals surface area contributed by atoms with Crippen molar-refractivity contribution in [3.05, 3.63) is 64.2 Å². The molecule has 7 heteroatoms. The Morgan fingerprint density at radius 1 is 1.28 bits per heavy atom. The molecule has 0 aliphatic carbocycles. The van der Waals surface area contributed by atoms with Crippen LogP contribution in [-0.4, -0.2) is 23.6 Å². The van der Waals surface area contributed by atoms with Gasteiger partial charge in [0.05, 0.1) is 29.2 Å². The molecule has 1 atom stereocenters. The predicted molar refractivity (Wildman–Crippen MR) is 93.3 cm³/mol. The summed E-state index contributed by atoms with van der Waals surface area (Å²) in [5, 5.41) is 14.9. The maximum atomic E-state index is 10.9. The minimum Gasteiger partial charge on any atom is -0.496 e. The zero-order chi connectivity index (χ0) is 17.4. The smallest absolute Gasteiger partial charge is 0.270 e. The first-order valence-electron chi connectivity index (χ1n) is 7.77. The van der Waals surface area contributed by atoms with Crippen LogP contribution in [0.4, 0.5) is 11.5 Å². The molecule has 0 fully saturated rings. The molecule has 0 amide bonds. The van der Waals surface area contributed by atoms with E-state index in [1.807, 2.05) is 24.3 Å². The Labute approximate surface area is 143 Å². The van der Waals surface area contributed by atoms with Gasteiger partial charge in [0.1, 0.15) is 23.9 Å². The Hall–Kier alpha value is -3.35. The number of nitro benzene ring substituents is 1. The third kappa shape index (κ3) is 2.69. The van der Waals surface area contributed by atoms with E-state index in [1.165, 1.54) is 12.1 Å². The fourth-order valence-corrected chi connectivity index (χ4v) is 3.03. The predicted octanol–water partition coefficient (Wildman–Crippen LogP) is 3.70. The molecule has 1 aliphatic rings. The summed E-state index contributed by atoms with van der Waals surface area (Å²) in [6.45, 7) is 0.482. The minimum absolute atomic E-state index is 0.0536. The topological polar surface area (TPSA) is 86.5 Å². The molecule has 126 valence electrons. The Bertz CT molecular complexity index is 974. The number of nitrogens with zero attached hydrogens (tertiary/aromatic N) is 2. The van der Waals surface area contributed by atoms with Crippen LogP contribution in [0.1, 0.15) is 11.6 Å². The van der Waals surface area contributed by atoms with Gasteiger partial charge in [-0.05, 0) is 30.3 Å². The summed E-state index contributed by atoms with van der Waals surface area (Å²) in [4.78, 5) is 15.0. The number of methoxy groups -OCH3 is 1. The zero-order valence-corrected chi connectivity index (χ0v) is 13.4. The number of nitro groups is 1. The van der Waals surface area contributed by atoms with Crippen molar-refractivity contribution in [2.24, 2.45) is 0 Å². The quantitative estimate of drug-likeness (QED) is 0.577. The molecule has 0 saturated carbocycles. The molecule has 25 heavy (non-hydrogen) atoms. The van der Waals surface area contributed by atoms with Crippen molar-refractivity contribution in [1.82, 2.24) is 4.98 Å². The molecule has 1 aliphatic heterocycles. The molecule has 0 unspecified atom stereocenters. The van der Waals surface area contributed by atoms with Crippen LogP contribution in [-0.2, 0) is 0 Å². The van der Waals surface area contributed by atoms with Crippen LogP contribution >= 0.6 is 0 Å². The van der Waals surface area contributed by atoms with Gasteiger partial charge >= 0.3 is 0 Å². The van der Waals surface area contributed by atoms with Crippen molar-refractivity contribution >= 4 is 22.4 Å². The van der Waals surface area contributed by atoms with Crippen LogP contribution < -0.4 is 14.8 Å². The molecule has 0 radical (unpaired) electrons. The van der Waals surface area contributed by atoms with E-state index in [1.54, 1.807) is 19.2 Å².